The van der Waals surface area contributed by atoms with E-state index in [2.05, 4.69) is 26.9 Å². The lowest BCUT2D eigenvalue weighted by Gasteiger charge is -2.22. The van der Waals surface area contributed by atoms with Crippen LogP contribution in [-0.2, 0) is 6.54 Å². The Hall–Kier alpha value is -0.250. The van der Waals surface area contributed by atoms with E-state index in [9.17, 15) is 0 Å². The summed E-state index contributed by atoms with van der Waals surface area (Å²) in [7, 11) is 1.72. The van der Waals surface area contributed by atoms with Crippen LogP contribution >= 0.6 is 27.5 Å². The molecule has 1 fully saturated rings. The molecule has 0 bridgehead atoms. The third kappa shape index (κ3) is 3.60. The molecular formula is C13H17BrClNO. The quantitative estimate of drug-likeness (QED) is 0.742. The molecule has 2 rings (SSSR count). The Kier molecular flexibility index (Phi) is 4.71. The fourth-order valence-corrected chi connectivity index (χ4v) is 2.65. The Labute approximate surface area is 116 Å². The van der Waals surface area contributed by atoms with Gasteiger partial charge >= 0.3 is 0 Å². The van der Waals surface area contributed by atoms with E-state index in [1.165, 1.54) is 18.4 Å². The highest BCUT2D eigenvalue weighted by Gasteiger charge is 2.28. The van der Waals surface area contributed by atoms with Gasteiger partial charge < -0.3 is 4.74 Å². The van der Waals surface area contributed by atoms with Gasteiger partial charge in [0.2, 0.25) is 0 Å². The van der Waals surface area contributed by atoms with Crippen molar-refractivity contribution in [1.82, 2.24) is 4.90 Å². The van der Waals surface area contributed by atoms with Gasteiger partial charge in [0.15, 0.2) is 0 Å². The Balaban J connectivity index is 2.11. The number of benzene rings is 1. The first-order valence-electron chi connectivity index (χ1n) is 5.87. The van der Waals surface area contributed by atoms with Gasteiger partial charge in [0.05, 0.1) is 7.11 Å². The monoisotopic (exact) mass is 317 g/mol. The highest BCUT2D eigenvalue weighted by atomic mass is 79.9. The second-order valence-corrected chi connectivity index (χ2v) is 5.64. The topological polar surface area (TPSA) is 12.5 Å². The number of methoxy groups -OCH3 is 1. The number of rotatable bonds is 6. The molecule has 0 heterocycles. The number of hydrogen-bond donors (Lipinski definition) is 0. The van der Waals surface area contributed by atoms with Gasteiger partial charge in [-0.3, -0.25) is 4.90 Å². The lowest BCUT2D eigenvalue weighted by molar-refractivity contribution is 0.266. The zero-order chi connectivity index (χ0) is 12.3. The van der Waals surface area contributed by atoms with Crippen molar-refractivity contribution in [2.75, 3.05) is 19.5 Å². The van der Waals surface area contributed by atoms with Gasteiger partial charge in [0, 0.05) is 35.0 Å². The van der Waals surface area contributed by atoms with Gasteiger partial charge in [0.1, 0.15) is 5.75 Å². The fourth-order valence-electron chi connectivity index (χ4n) is 2.03. The van der Waals surface area contributed by atoms with Crippen LogP contribution in [0.15, 0.2) is 22.7 Å². The second kappa shape index (κ2) is 6.07. The molecule has 0 unspecified atom stereocenters. The summed E-state index contributed by atoms with van der Waals surface area (Å²) in [6.07, 6.45) is 2.60. The number of halogens is 2. The van der Waals surface area contributed by atoms with Crippen LogP contribution in [0.5, 0.6) is 5.75 Å². The smallest absolute Gasteiger partial charge is 0.123 e. The first-order valence-corrected chi connectivity index (χ1v) is 7.19. The molecule has 0 radical (unpaired) electrons. The molecule has 1 aromatic rings. The zero-order valence-corrected chi connectivity index (χ0v) is 12.3. The maximum atomic E-state index is 5.86. The average Bonchev–Trinajstić information content (AvgIpc) is 3.13. The van der Waals surface area contributed by atoms with Crippen molar-refractivity contribution in [1.29, 1.82) is 0 Å². The van der Waals surface area contributed by atoms with Crippen LogP contribution in [-0.4, -0.2) is 30.5 Å². The summed E-state index contributed by atoms with van der Waals surface area (Å²) >= 11 is 9.36. The Morgan fingerprint density at radius 3 is 2.82 bits per heavy atom. The van der Waals surface area contributed by atoms with Crippen molar-refractivity contribution < 1.29 is 4.74 Å². The lowest BCUT2D eigenvalue weighted by Crippen LogP contribution is -2.27. The first kappa shape index (κ1) is 13.2. The summed E-state index contributed by atoms with van der Waals surface area (Å²) < 4.78 is 6.49. The minimum atomic E-state index is 0.687. The normalized spacial score (nSPS) is 15.3. The van der Waals surface area contributed by atoms with E-state index >= 15 is 0 Å². The van der Waals surface area contributed by atoms with E-state index in [0.29, 0.717) is 5.88 Å². The molecule has 1 aromatic carbocycles. The zero-order valence-electron chi connectivity index (χ0n) is 9.96. The summed E-state index contributed by atoms with van der Waals surface area (Å²) in [6.45, 7) is 1.86. The third-order valence-corrected chi connectivity index (χ3v) is 3.71. The maximum Gasteiger partial charge on any atom is 0.123 e. The van der Waals surface area contributed by atoms with Gasteiger partial charge in [-0.05, 0) is 31.0 Å². The number of nitrogens with zero attached hydrogens (tertiary/aromatic N) is 1. The van der Waals surface area contributed by atoms with Crippen molar-refractivity contribution in [3.8, 4) is 5.75 Å². The van der Waals surface area contributed by atoms with Gasteiger partial charge in [-0.15, -0.1) is 11.6 Å². The van der Waals surface area contributed by atoms with Crippen LogP contribution in [0.3, 0.4) is 0 Å². The largest absolute Gasteiger partial charge is 0.496 e. The number of alkyl halides is 1. The summed E-state index contributed by atoms with van der Waals surface area (Å²) in [5.41, 5.74) is 1.22. The van der Waals surface area contributed by atoms with Crippen molar-refractivity contribution >= 4 is 27.5 Å². The fraction of sp³-hybridized carbons (Fsp3) is 0.538. The highest BCUT2D eigenvalue weighted by Crippen LogP contribution is 2.31. The molecule has 0 N–H and O–H groups in total. The van der Waals surface area contributed by atoms with Crippen LogP contribution in [0.4, 0.5) is 0 Å². The average molecular weight is 319 g/mol. The van der Waals surface area contributed by atoms with Crippen molar-refractivity contribution in [2.45, 2.75) is 25.4 Å². The minimum absolute atomic E-state index is 0.687. The molecule has 1 saturated carbocycles. The van der Waals surface area contributed by atoms with E-state index in [-0.39, 0.29) is 0 Å². The van der Waals surface area contributed by atoms with Crippen LogP contribution < -0.4 is 4.74 Å². The van der Waals surface area contributed by atoms with Crippen LogP contribution in [0.25, 0.3) is 0 Å². The standard InChI is InChI=1S/C13H17BrClNO/c1-17-13-5-2-11(14)8-10(13)9-16(7-6-15)12-3-4-12/h2,5,8,12H,3-4,6-7,9H2,1H3. The van der Waals surface area contributed by atoms with Gasteiger partial charge in [0.25, 0.3) is 0 Å². The molecule has 94 valence electrons. The number of ether oxygens (including phenoxy) is 1. The van der Waals surface area contributed by atoms with E-state index in [1.807, 2.05) is 12.1 Å². The summed E-state index contributed by atoms with van der Waals surface area (Å²) in [5, 5.41) is 0. The van der Waals surface area contributed by atoms with Crippen molar-refractivity contribution in [2.24, 2.45) is 0 Å². The maximum absolute atomic E-state index is 5.86. The SMILES string of the molecule is COc1ccc(Br)cc1CN(CCCl)C1CC1. The molecular weight excluding hydrogens is 302 g/mol. The molecule has 0 amide bonds. The predicted octanol–water partition coefficient (Wildman–Crippen LogP) is 3.66. The van der Waals surface area contributed by atoms with Gasteiger partial charge in [-0.1, -0.05) is 15.9 Å². The summed E-state index contributed by atoms with van der Waals surface area (Å²) in [6, 6.07) is 6.86. The lowest BCUT2D eigenvalue weighted by atomic mass is 10.2. The van der Waals surface area contributed by atoms with E-state index in [0.717, 1.165) is 29.4 Å². The Morgan fingerprint density at radius 2 is 2.24 bits per heavy atom. The molecule has 1 aliphatic rings. The highest BCUT2D eigenvalue weighted by molar-refractivity contribution is 9.10. The van der Waals surface area contributed by atoms with Crippen LogP contribution in [0, 0.1) is 0 Å². The first-order chi connectivity index (χ1) is 8.24. The Morgan fingerprint density at radius 1 is 1.47 bits per heavy atom. The van der Waals surface area contributed by atoms with Crippen LogP contribution in [0.2, 0.25) is 0 Å². The molecule has 0 atom stereocenters. The van der Waals surface area contributed by atoms with E-state index in [1.54, 1.807) is 7.11 Å². The molecule has 0 saturated heterocycles. The predicted molar refractivity (Wildman–Crippen MR) is 74.8 cm³/mol. The second-order valence-electron chi connectivity index (χ2n) is 4.35. The molecule has 4 heteroatoms. The summed E-state index contributed by atoms with van der Waals surface area (Å²) in [5.74, 6) is 1.64. The molecule has 1 aliphatic carbocycles. The molecule has 17 heavy (non-hydrogen) atoms. The van der Waals surface area contributed by atoms with Gasteiger partial charge in [-0.25, -0.2) is 0 Å². The molecule has 0 spiro atoms. The van der Waals surface area contributed by atoms with E-state index < -0.39 is 0 Å². The molecule has 0 aliphatic heterocycles. The summed E-state index contributed by atoms with van der Waals surface area (Å²) in [4.78, 5) is 2.44. The molecule has 0 aromatic heterocycles. The minimum Gasteiger partial charge on any atom is -0.496 e. The van der Waals surface area contributed by atoms with E-state index in [4.69, 9.17) is 16.3 Å². The van der Waals surface area contributed by atoms with Crippen LogP contribution in [0.1, 0.15) is 18.4 Å². The van der Waals surface area contributed by atoms with Crippen molar-refractivity contribution in [3.63, 3.8) is 0 Å². The van der Waals surface area contributed by atoms with Crippen molar-refractivity contribution in [3.05, 3.63) is 28.2 Å². The third-order valence-electron chi connectivity index (χ3n) is 3.05. The molecule has 2 nitrogen and oxygen atoms in total. The Bertz CT molecular complexity index is 382. The number of hydrogen-bond acceptors (Lipinski definition) is 2. The van der Waals surface area contributed by atoms with Gasteiger partial charge in [-0.2, -0.15) is 0 Å².